The third-order valence-corrected chi connectivity index (χ3v) is 25.0. The molecule has 59 heteroatoms. The van der Waals surface area contributed by atoms with Crippen LogP contribution in [0.1, 0.15) is 134 Å². The number of rotatable bonds is 76. The first-order valence-corrected chi connectivity index (χ1v) is 51.7. The normalized spacial score (nSPS) is 14.5. The molecule has 1 unspecified atom stereocenters. The molecule has 40 N–H and O–H groups in total. The van der Waals surface area contributed by atoms with Crippen LogP contribution in [0.2, 0.25) is 0 Å². The second kappa shape index (κ2) is 69.7. The lowest BCUT2D eigenvalue weighted by Crippen LogP contribution is -2.62. The number of carbonyl (C=O) groups excluding carboxylic acids is 20. The van der Waals surface area contributed by atoms with Crippen molar-refractivity contribution in [1.29, 1.82) is 5.41 Å². The minimum absolute atomic E-state index is 0.0711. The van der Waals surface area contributed by atoms with Gasteiger partial charge in [-0.15, -0.1) is 11.8 Å². The summed E-state index contributed by atoms with van der Waals surface area (Å²) in [5, 5.41) is 120. The molecule has 150 heavy (non-hydrogen) atoms. The number of benzene rings is 3. The zero-order valence-electron chi connectivity index (χ0n) is 83.2. The quantitative estimate of drug-likeness (QED) is 0.00287. The van der Waals surface area contributed by atoms with Gasteiger partial charge in [0, 0.05) is 38.0 Å². The average molecular weight is 2190 g/mol. The number of carboxylic acid groups (broad SMARTS) is 2. The van der Waals surface area contributed by atoms with Gasteiger partial charge in [0.15, 0.2) is 17.3 Å². The number of primary amides is 3. The zero-order chi connectivity index (χ0) is 113. The Morgan fingerprint density at radius 3 is 1.11 bits per heavy atom. The second-order valence-corrected chi connectivity index (χ2v) is 39.1. The van der Waals surface area contributed by atoms with Gasteiger partial charge >= 0.3 is 11.9 Å². The molecule has 0 fully saturated rings. The highest BCUT2D eigenvalue weighted by molar-refractivity contribution is 8.76. The third-order valence-electron chi connectivity index (χ3n) is 22.0. The fourth-order valence-electron chi connectivity index (χ4n) is 14.2. The number of thiol groups is 1. The Morgan fingerprint density at radius 1 is 0.400 bits per heavy atom. The number of hydrogen-bond acceptors (Lipinski definition) is 38. The number of amides is 17. The van der Waals surface area contributed by atoms with E-state index in [-0.39, 0.29) is 131 Å². The van der Waals surface area contributed by atoms with Crippen molar-refractivity contribution in [2.24, 2.45) is 52.1 Å². The number of phenolic OH excluding ortho intramolecular Hbond substituents is 2. The fraction of sp³-hybridized carbons (Fsp3) is 0.549. The first kappa shape index (κ1) is 131. The molecule has 17 amide bonds. The van der Waals surface area contributed by atoms with Crippen molar-refractivity contribution in [3.8, 4) is 11.5 Å². The summed E-state index contributed by atoms with van der Waals surface area (Å²) in [6.45, 7) is 3.31. The lowest BCUT2D eigenvalue weighted by molar-refractivity contribution is -0.143. The van der Waals surface area contributed by atoms with Crippen molar-refractivity contribution in [2.75, 3.05) is 63.0 Å². The van der Waals surface area contributed by atoms with Crippen LogP contribution in [-0.2, 0) is 125 Å². The monoisotopic (exact) mass is 2190 g/mol. The van der Waals surface area contributed by atoms with Gasteiger partial charge in [0.25, 0.3) is 0 Å². The van der Waals surface area contributed by atoms with Crippen LogP contribution >= 0.6 is 46.0 Å². The van der Waals surface area contributed by atoms with Crippen molar-refractivity contribution < 1.29 is 141 Å². The van der Waals surface area contributed by atoms with Gasteiger partial charge in [-0.1, -0.05) is 104 Å². The number of hydrazine groups is 1. The number of thioether (sulfide) groups is 1. The molecule has 0 bridgehead atoms. The van der Waals surface area contributed by atoms with Crippen LogP contribution in [0.4, 0.5) is 0 Å². The Hall–Kier alpha value is -13.5. The number of guanidine groups is 1. The minimum atomic E-state index is -2.31. The van der Waals surface area contributed by atoms with Crippen LogP contribution in [0.3, 0.4) is 0 Å². The van der Waals surface area contributed by atoms with E-state index in [0.717, 1.165) is 0 Å². The van der Waals surface area contributed by atoms with Gasteiger partial charge in [-0.05, 0) is 130 Å². The van der Waals surface area contributed by atoms with E-state index < -0.39 is 296 Å². The Balaban J connectivity index is 1.96. The number of nitrogens with two attached hydrogens (primary N) is 7. The van der Waals surface area contributed by atoms with E-state index in [1.165, 1.54) is 96.1 Å². The average Bonchev–Trinajstić information content (AvgIpc) is 0.849. The van der Waals surface area contributed by atoms with Crippen LogP contribution in [0, 0.1) is 17.2 Å². The highest BCUT2D eigenvalue weighted by atomic mass is 33.1. The first-order valence-electron chi connectivity index (χ1n) is 47.3. The molecule has 3 aromatic rings. The Morgan fingerprint density at radius 2 is 0.733 bits per heavy atom. The fourth-order valence-corrected chi connectivity index (χ4v) is 16.1. The Kier molecular flexibility index (Phi) is 60.7. The molecule has 3 aromatic carbocycles. The van der Waals surface area contributed by atoms with E-state index in [1.54, 1.807) is 32.0 Å². The highest BCUT2D eigenvalue weighted by Gasteiger charge is 2.42. The maximum atomic E-state index is 15.0. The second-order valence-electron chi connectivity index (χ2n) is 35.1. The van der Waals surface area contributed by atoms with Crippen LogP contribution in [0.5, 0.6) is 11.5 Å². The predicted molar refractivity (Wildman–Crippen MR) is 550 cm³/mol. The van der Waals surface area contributed by atoms with Crippen molar-refractivity contribution in [2.45, 2.75) is 239 Å². The molecule has 0 aliphatic heterocycles. The van der Waals surface area contributed by atoms with Crippen molar-refractivity contribution in [3.05, 3.63) is 95.6 Å². The summed E-state index contributed by atoms with van der Waals surface area (Å²) in [7, 11) is 2.86. The van der Waals surface area contributed by atoms with Gasteiger partial charge in [-0.2, -0.15) is 12.6 Å². The van der Waals surface area contributed by atoms with Gasteiger partial charge < -0.3 is 155 Å². The number of aliphatic hydroxyl groups is 3. The van der Waals surface area contributed by atoms with Crippen LogP contribution in [0.15, 0.2) is 78.9 Å². The standard InChI is InChI=1S/C91H140N26O29S4/c1-45(2)30-58(79(135)103-53(16-9-11-27-92)76(132)102-54(17-10-12-28-93)78(134)106-60(32-48-19-23-50(120)24-20-48)80(136)104-55(18-13-29-101-90(97)98)77(133)105-56(34-68(94)123)74(130)75(131)57(35-69(95)124)115-91(146)149-43-52(122)39-100-44-150-148-5)112-89(145)73(46(3)4)116-85(141)62(36-70(96)125)109-86(142)65(40-118)114-87(143)66(41-119)113-84(140)64(38-72(128)129)111-83(139)63(37-71(126)127)110-82(138)59(31-47-14-7-6-8-15-47)107-81(137)61(108-88(144)67(42-147)117-99)33-49-21-25-51(121)26-22-49/h6-8,14-15,19-26,45-46,53-67,73,91,100,115,117-121,146-147H,9-13,16-18,27-44,92-93,99H2,1-5H3,(H2,94,123)(H2,95,124)(H2,96,125)(H,102,132)(H,103,135)(H,104,136)(H,105,133)(H,106,134)(H,107,137)(H,108,144)(H,109,142)(H,110,138)(H,111,139)(H,112,145)(H,113,140)(H,114,143)(H,116,141)(H,126,127)(H,128,129)(H4,97,98,101)/t53-,54-,55-,56-,57-,58-,59-,60-,61-,62-,63-,64-,65-,66-,67-,73-,91?/m0/s1. The summed E-state index contributed by atoms with van der Waals surface area (Å²) < 4.78 is 0. The minimum Gasteiger partial charge on any atom is -0.508 e. The number of phenols is 2. The summed E-state index contributed by atoms with van der Waals surface area (Å²) in [6, 6.07) is -10.9. The van der Waals surface area contributed by atoms with Gasteiger partial charge in [-0.3, -0.25) is 122 Å². The molecular formula is C91H140N26O29S4. The molecule has 0 saturated heterocycles. The lowest BCUT2D eigenvalue weighted by Gasteiger charge is -2.29. The number of nitrogens with one attached hydrogen (secondary N) is 19. The number of unbranched alkanes of at least 4 members (excludes halogenated alkanes) is 2. The van der Waals surface area contributed by atoms with Gasteiger partial charge in [0.2, 0.25) is 112 Å². The first-order chi connectivity index (χ1) is 70.9. The maximum absolute atomic E-state index is 15.0. The molecule has 0 spiro atoms. The van der Waals surface area contributed by atoms with E-state index in [2.05, 4.69) is 92.5 Å². The smallest absolute Gasteiger partial charge is 0.305 e. The molecule has 0 aromatic heterocycles. The number of carboxylic acids is 2. The molecule has 17 atom stereocenters. The summed E-state index contributed by atoms with van der Waals surface area (Å²) in [5.41, 5.74) is 35.2. The van der Waals surface area contributed by atoms with E-state index in [0.29, 0.717) is 28.8 Å². The number of Topliss-reactive ketones (excluding diaryl/α,β-unsaturated/α-hetero) is 3. The number of aliphatic hydroxyl groups excluding tert-OH is 3. The van der Waals surface area contributed by atoms with E-state index >= 15 is 0 Å². The summed E-state index contributed by atoms with van der Waals surface area (Å²) in [6.07, 6.45) is -5.23. The van der Waals surface area contributed by atoms with Crippen LogP contribution < -0.4 is 136 Å². The van der Waals surface area contributed by atoms with Crippen LogP contribution in [-0.4, -0.2) is 337 Å². The Bertz CT molecular complexity index is 5050. The van der Waals surface area contributed by atoms with E-state index in [4.69, 9.17) is 45.7 Å². The maximum Gasteiger partial charge on any atom is 0.305 e. The summed E-state index contributed by atoms with van der Waals surface area (Å²) in [4.78, 5) is 304. The largest absolute Gasteiger partial charge is 0.508 e. The Labute approximate surface area is 880 Å². The van der Waals surface area contributed by atoms with Crippen molar-refractivity contribution in [3.63, 3.8) is 0 Å². The van der Waals surface area contributed by atoms with Gasteiger partial charge in [-0.25, -0.2) is 5.43 Å². The highest BCUT2D eigenvalue weighted by Crippen LogP contribution is 2.20. The van der Waals surface area contributed by atoms with Gasteiger partial charge in [0.05, 0.1) is 63.1 Å². The molecule has 0 heterocycles. The topological polar surface area (TPSA) is 940 Å². The third kappa shape index (κ3) is 50.2. The number of aliphatic carboxylic acids is 2. The molecule has 832 valence electrons. The molecule has 0 saturated carbocycles. The molecule has 0 aliphatic rings. The molecule has 0 radical (unpaired) electrons. The summed E-state index contributed by atoms with van der Waals surface area (Å²) in [5.74, 6) is -24.6. The molecule has 55 nitrogen and oxygen atoms in total. The number of carbonyl (C=O) groups is 22. The van der Waals surface area contributed by atoms with E-state index in [1.807, 2.05) is 22.2 Å². The molecular weight excluding hydrogens is 2050 g/mol. The summed E-state index contributed by atoms with van der Waals surface area (Å²) >= 11 is 4.68. The molecule has 3 rings (SSSR count). The zero-order valence-corrected chi connectivity index (χ0v) is 86.5. The van der Waals surface area contributed by atoms with E-state index in [9.17, 15) is 141 Å². The number of aromatic hydroxyl groups is 2. The SMILES string of the molecule is CSSCNCC(=O)CSC(O)N[C@@H](CC(N)=O)C(=O)C(=O)[C@H](CC(N)=O)NC(=O)[C@H](CCCNC(=N)N)NC(=O)[C@H](Cc1ccc(O)cc1)NC(=O)[C@H](CCCCN)NC(=O)[C@H](CCCCN)NC(=O)[C@H](CC(C)C)NC(=O)[C@@H](NC(=O)[C@H](CC(N)=O)NC(=O)[C@H](CO)NC(=O)[C@H](CO)NC(=O)[C@H](CC(=O)O)NC(=O)[C@H](CC(=O)O)NC(=O)[C@H](Cc1ccccc1)NC(=O)[C@H](Cc1ccc(O)cc1)NC(=O)[C@H](CS)NN)C(C)C. The van der Waals surface area contributed by atoms with Gasteiger partial charge in [0.1, 0.15) is 102 Å². The van der Waals surface area contributed by atoms with Crippen molar-refractivity contribution >= 4 is 182 Å². The lowest BCUT2D eigenvalue weighted by atomic mass is 9.97. The number of hydrogen-bond donors (Lipinski definition) is 34. The van der Waals surface area contributed by atoms with Crippen LogP contribution in [0.25, 0.3) is 0 Å². The number of ketones is 3. The predicted octanol–water partition coefficient (Wildman–Crippen LogP) is -10.3. The molecule has 0 aliphatic carbocycles. The van der Waals surface area contributed by atoms with Crippen molar-refractivity contribution in [1.82, 2.24) is 95.8 Å².